The highest BCUT2D eigenvalue weighted by molar-refractivity contribution is 5.74. The van der Waals surface area contributed by atoms with E-state index in [1.165, 1.54) is 12.1 Å². The van der Waals surface area contributed by atoms with Gasteiger partial charge in [0.05, 0.1) is 0 Å². The number of hydrogen-bond donors (Lipinski definition) is 3. The van der Waals surface area contributed by atoms with Crippen molar-refractivity contribution in [2.75, 3.05) is 6.54 Å². The van der Waals surface area contributed by atoms with Gasteiger partial charge in [-0.1, -0.05) is 6.07 Å². The van der Waals surface area contributed by atoms with E-state index in [4.69, 9.17) is 11.1 Å². The van der Waals surface area contributed by atoms with Gasteiger partial charge in [0, 0.05) is 6.54 Å². The Labute approximate surface area is 82.6 Å². The van der Waals surface area contributed by atoms with E-state index in [-0.39, 0.29) is 11.8 Å². The maximum atomic E-state index is 12.7. The van der Waals surface area contributed by atoms with Gasteiger partial charge in [0.2, 0.25) is 0 Å². The zero-order chi connectivity index (χ0) is 10.6. The largest absolute Gasteiger partial charge is 0.370 e. The highest BCUT2D eigenvalue weighted by Crippen LogP contribution is 2.09. The molecule has 0 aliphatic carbocycles. The molecule has 14 heavy (non-hydrogen) atoms. The molecule has 0 aliphatic heterocycles. The quantitative estimate of drug-likeness (QED) is 0.500. The van der Waals surface area contributed by atoms with E-state index in [1.54, 1.807) is 6.07 Å². The molecule has 0 saturated heterocycles. The fourth-order valence-corrected chi connectivity index (χ4v) is 1.27. The number of nitrogens with two attached hydrogens (primary N) is 1. The van der Waals surface area contributed by atoms with Crippen molar-refractivity contribution in [1.82, 2.24) is 5.32 Å². The van der Waals surface area contributed by atoms with Crippen LogP contribution >= 0.6 is 0 Å². The molecule has 0 atom stereocenters. The van der Waals surface area contributed by atoms with Crippen LogP contribution in [-0.4, -0.2) is 12.5 Å². The third-order valence-electron chi connectivity index (χ3n) is 2.01. The van der Waals surface area contributed by atoms with Gasteiger partial charge in [-0.15, -0.1) is 0 Å². The summed E-state index contributed by atoms with van der Waals surface area (Å²) in [4.78, 5) is 0. The van der Waals surface area contributed by atoms with Crippen molar-refractivity contribution < 1.29 is 4.39 Å². The average molecular weight is 195 g/mol. The van der Waals surface area contributed by atoms with Crippen LogP contribution in [0.5, 0.6) is 0 Å². The van der Waals surface area contributed by atoms with Gasteiger partial charge in [-0.25, -0.2) is 4.39 Å². The van der Waals surface area contributed by atoms with Gasteiger partial charge >= 0.3 is 0 Å². The molecule has 1 rings (SSSR count). The lowest BCUT2D eigenvalue weighted by molar-refractivity contribution is 0.625. The summed E-state index contributed by atoms with van der Waals surface area (Å²) in [7, 11) is 0. The SMILES string of the molecule is Cc1cc(F)ccc1CCNC(=N)N. The van der Waals surface area contributed by atoms with Gasteiger partial charge in [-0.05, 0) is 36.6 Å². The molecule has 1 aromatic carbocycles. The summed E-state index contributed by atoms with van der Waals surface area (Å²) in [6, 6.07) is 4.70. The molecular formula is C10H14FN3. The zero-order valence-corrected chi connectivity index (χ0v) is 8.10. The summed E-state index contributed by atoms with van der Waals surface area (Å²) in [5.41, 5.74) is 7.13. The highest BCUT2D eigenvalue weighted by Gasteiger charge is 1.99. The lowest BCUT2D eigenvalue weighted by Crippen LogP contribution is -2.31. The Morgan fingerprint density at radius 3 is 2.86 bits per heavy atom. The summed E-state index contributed by atoms with van der Waals surface area (Å²) in [6.45, 7) is 2.47. The zero-order valence-electron chi connectivity index (χ0n) is 8.10. The van der Waals surface area contributed by atoms with Crippen molar-refractivity contribution >= 4 is 5.96 Å². The van der Waals surface area contributed by atoms with Gasteiger partial charge in [-0.3, -0.25) is 5.41 Å². The molecule has 76 valence electrons. The molecule has 0 heterocycles. The average Bonchev–Trinajstić information content (AvgIpc) is 2.08. The molecule has 0 radical (unpaired) electrons. The van der Waals surface area contributed by atoms with Gasteiger partial charge in [-0.2, -0.15) is 0 Å². The van der Waals surface area contributed by atoms with Crippen LogP contribution in [0, 0.1) is 18.2 Å². The fraction of sp³-hybridized carbons (Fsp3) is 0.300. The minimum atomic E-state index is -0.217. The second-order valence-electron chi connectivity index (χ2n) is 3.16. The first-order valence-corrected chi connectivity index (χ1v) is 4.42. The Bertz CT molecular complexity index is 336. The summed E-state index contributed by atoms with van der Waals surface area (Å²) < 4.78 is 12.7. The number of aryl methyl sites for hydroxylation is 1. The number of benzene rings is 1. The van der Waals surface area contributed by atoms with Crippen molar-refractivity contribution in [2.45, 2.75) is 13.3 Å². The van der Waals surface area contributed by atoms with E-state index in [0.717, 1.165) is 17.5 Å². The Hall–Kier alpha value is -1.58. The first-order chi connectivity index (χ1) is 6.59. The molecule has 0 amide bonds. The molecule has 3 nitrogen and oxygen atoms in total. The van der Waals surface area contributed by atoms with Crippen LogP contribution in [0.3, 0.4) is 0 Å². The number of nitrogens with one attached hydrogen (secondary N) is 2. The molecule has 1 aromatic rings. The van der Waals surface area contributed by atoms with Crippen molar-refractivity contribution in [2.24, 2.45) is 5.73 Å². The Balaban J connectivity index is 2.55. The van der Waals surface area contributed by atoms with Crippen LogP contribution in [-0.2, 0) is 6.42 Å². The Morgan fingerprint density at radius 2 is 2.29 bits per heavy atom. The summed E-state index contributed by atoms with van der Waals surface area (Å²) in [5.74, 6) is -0.254. The molecule has 0 bridgehead atoms. The standard InChI is InChI=1S/C10H14FN3/c1-7-6-9(11)3-2-8(7)4-5-14-10(12)13/h2-3,6H,4-5H2,1H3,(H4,12,13,14). The van der Waals surface area contributed by atoms with Crippen LogP contribution in [0.2, 0.25) is 0 Å². The van der Waals surface area contributed by atoms with Crippen LogP contribution in [0.1, 0.15) is 11.1 Å². The van der Waals surface area contributed by atoms with Crippen molar-refractivity contribution in [3.8, 4) is 0 Å². The summed E-state index contributed by atoms with van der Waals surface area (Å²) in [5, 5.41) is 9.66. The Morgan fingerprint density at radius 1 is 1.57 bits per heavy atom. The molecule has 0 spiro atoms. The minimum Gasteiger partial charge on any atom is -0.370 e. The molecule has 0 unspecified atom stereocenters. The maximum absolute atomic E-state index is 12.7. The molecular weight excluding hydrogens is 181 g/mol. The third kappa shape index (κ3) is 3.05. The van der Waals surface area contributed by atoms with Crippen LogP contribution in [0.15, 0.2) is 18.2 Å². The second kappa shape index (κ2) is 4.60. The van der Waals surface area contributed by atoms with Crippen LogP contribution < -0.4 is 11.1 Å². The topological polar surface area (TPSA) is 61.9 Å². The summed E-state index contributed by atoms with van der Waals surface area (Å²) in [6.07, 6.45) is 0.742. The van der Waals surface area contributed by atoms with Crippen molar-refractivity contribution in [1.29, 1.82) is 5.41 Å². The lowest BCUT2D eigenvalue weighted by atomic mass is 10.1. The van der Waals surface area contributed by atoms with Crippen LogP contribution in [0.25, 0.3) is 0 Å². The Kier molecular flexibility index (Phi) is 3.45. The summed E-state index contributed by atoms with van der Waals surface area (Å²) >= 11 is 0. The molecule has 0 fully saturated rings. The molecule has 4 heteroatoms. The molecule has 4 N–H and O–H groups in total. The van der Waals surface area contributed by atoms with Gasteiger partial charge < -0.3 is 11.1 Å². The first kappa shape index (κ1) is 10.5. The van der Waals surface area contributed by atoms with Gasteiger partial charge in [0.1, 0.15) is 5.82 Å². The minimum absolute atomic E-state index is 0.0373. The van der Waals surface area contributed by atoms with Crippen LogP contribution in [0.4, 0.5) is 4.39 Å². The predicted molar refractivity (Wildman–Crippen MR) is 54.8 cm³/mol. The number of halogens is 1. The molecule has 0 aliphatic rings. The smallest absolute Gasteiger partial charge is 0.185 e. The first-order valence-electron chi connectivity index (χ1n) is 4.42. The van der Waals surface area contributed by atoms with E-state index in [0.29, 0.717) is 6.54 Å². The predicted octanol–water partition coefficient (Wildman–Crippen LogP) is 1.16. The molecule has 0 saturated carbocycles. The fourth-order valence-electron chi connectivity index (χ4n) is 1.27. The molecule has 0 aromatic heterocycles. The third-order valence-corrected chi connectivity index (χ3v) is 2.01. The van der Waals surface area contributed by atoms with E-state index in [2.05, 4.69) is 5.32 Å². The van der Waals surface area contributed by atoms with E-state index >= 15 is 0 Å². The van der Waals surface area contributed by atoms with Gasteiger partial charge in [0.25, 0.3) is 0 Å². The lowest BCUT2D eigenvalue weighted by Gasteiger charge is -2.06. The van der Waals surface area contributed by atoms with E-state index < -0.39 is 0 Å². The highest BCUT2D eigenvalue weighted by atomic mass is 19.1. The maximum Gasteiger partial charge on any atom is 0.185 e. The number of guanidine groups is 1. The monoisotopic (exact) mass is 195 g/mol. The number of hydrogen-bond acceptors (Lipinski definition) is 1. The van der Waals surface area contributed by atoms with Gasteiger partial charge in [0.15, 0.2) is 5.96 Å². The van der Waals surface area contributed by atoms with Crippen molar-refractivity contribution in [3.63, 3.8) is 0 Å². The van der Waals surface area contributed by atoms with Crippen molar-refractivity contribution in [3.05, 3.63) is 35.1 Å². The number of rotatable bonds is 3. The normalized spacial score (nSPS) is 9.86. The second-order valence-corrected chi connectivity index (χ2v) is 3.16. The van der Waals surface area contributed by atoms with E-state index in [1.807, 2.05) is 6.92 Å². The van der Waals surface area contributed by atoms with E-state index in [9.17, 15) is 4.39 Å².